The maximum absolute atomic E-state index is 12.6. The van der Waals surface area contributed by atoms with Crippen LogP contribution < -0.4 is 5.32 Å². The molecule has 116 valence electrons. The summed E-state index contributed by atoms with van der Waals surface area (Å²) in [4.78, 5) is 12.6. The third-order valence-electron chi connectivity index (χ3n) is 3.90. The molecule has 0 bridgehead atoms. The van der Waals surface area contributed by atoms with Crippen molar-refractivity contribution in [2.75, 3.05) is 0 Å². The molecule has 0 spiro atoms. The van der Waals surface area contributed by atoms with E-state index in [9.17, 15) is 10.1 Å². The molecule has 1 aromatic heterocycles. The standard InChI is InChI=1S/C17H26N2O2/c1-6-8-17(11-18,9-7-2)16(20)19-13(4)15-10-12(3)21-14(15)5/h10,13H,6-9H2,1-5H3,(H,19,20). The van der Waals surface area contributed by atoms with E-state index in [4.69, 9.17) is 4.42 Å². The van der Waals surface area contributed by atoms with Gasteiger partial charge in [-0.2, -0.15) is 5.26 Å². The second-order valence-corrected chi connectivity index (χ2v) is 5.76. The lowest BCUT2D eigenvalue weighted by molar-refractivity contribution is -0.129. The Kier molecular flexibility index (Phi) is 6.02. The molecule has 0 aliphatic carbocycles. The number of hydrogen-bond acceptors (Lipinski definition) is 3. The summed E-state index contributed by atoms with van der Waals surface area (Å²) in [7, 11) is 0. The van der Waals surface area contributed by atoms with Crippen LogP contribution in [0.2, 0.25) is 0 Å². The lowest BCUT2D eigenvalue weighted by atomic mass is 9.79. The highest BCUT2D eigenvalue weighted by molar-refractivity contribution is 5.85. The van der Waals surface area contributed by atoms with Crippen LogP contribution in [0.15, 0.2) is 10.5 Å². The van der Waals surface area contributed by atoms with Gasteiger partial charge in [0, 0.05) is 5.56 Å². The second kappa shape index (κ2) is 7.31. The molecular weight excluding hydrogens is 264 g/mol. The maximum atomic E-state index is 12.6. The summed E-state index contributed by atoms with van der Waals surface area (Å²) >= 11 is 0. The summed E-state index contributed by atoms with van der Waals surface area (Å²) in [6.45, 7) is 9.71. The zero-order chi connectivity index (χ0) is 16.0. The number of nitrogens with zero attached hydrogens (tertiary/aromatic N) is 1. The van der Waals surface area contributed by atoms with Crippen molar-refractivity contribution in [3.63, 3.8) is 0 Å². The minimum atomic E-state index is -0.912. The van der Waals surface area contributed by atoms with E-state index in [0.29, 0.717) is 12.8 Å². The molecule has 0 saturated carbocycles. The Balaban J connectivity index is 2.91. The third-order valence-corrected chi connectivity index (χ3v) is 3.90. The summed E-state index contributed by atoms with van der Waals surface area (Å²) in [5, 5.41) is 12.5. The van der Waals surface area contributed by atoms with Gasteiger partial charge in [0.05, 0.1) is 12.1 Å². The molecule has 1 amide bonds. The van der Waals surface area contributed by atoms with Gasteiger partial charge in [0.2, 0.25) is 5.91 Å². The monoisotopic (exact) mass is 290 g/mol. The molecule has 1 N–H and O–H groups in total. The van der Waals surface area contributed by atoms with E-state index >= 15 is 0 Å². The number of hydrogen-bond donors (Lipinski definition) is 1. The van der Waals surface area contributed by atoms with Gasteiger partial charge in [-0.15, -0.1) is 0 Å². The quantitative estimate of drug-likeness (QED) is 0.819. The molecule has 4 heteroatoms. The predicted octanol–water partition coefficient (Wildman–Crippen LogP) is 4.18. The molecule has 1 heterocycles. The lowest BCUT2D eigenvalue weighted by Crippen LogP contribution is -2.41. The molecule has 1 atom stereocenters. The largest absolute Gasteiger partial charge is 0.466 e. The van der Waals surface area contributed by atoms with E-state index in [-0.39, 0.29) is 11.9 Å². The Morgan fingerprint density at radius 1 is 1.38 bits per heavy atom. The van der Waals surface area contributed by atoms with E-state index in [1.54, 1.807) is 0 Å². The van der Waals surface area contributed by atoms with Crippen molar-refractivity contribution in [3.05, 3.63) is 23.2 Å². The number of rotatable bonds is 7. The van der Waals surface area contributed by atoms with Crippen LogP contribution in [0.5, 0.6) is 0 Å². The fourth-order valence-electron chi connectivity index (χ4n) is 2.86. The average molecular weight is 290 g/mol. The zero-order valence-corrected chi connectivity index (χ0v) is 13.7. The van der Waals surface area contributed by atoms with Crippen molar-refractivity contribution in [3.8, 4) is 6.07 Å². The molecule has 1 rings (SSSR count). The molecule has 0 aliphatic heterocycles. The second-order valence-electron chi connectivity index (χ2n) is 5.76. The van der Waals surface area contributed by atoms with E-state index in [2.05, 4.69) is 11.4 Å². The van der Waals surface area contributed by atoms with Crippen LogP contribution in [-0.4, -0.2) is 5.91 Å². The van der Waals surface area contributed by atoms with Gasteiger partial charge in [-0.3, -0.25) is 4.79 Å². The molecule has 21 heavy (non-hydrogen) atoms. The fourth-order valence-corrected chi connectivity index (χ4v) is 2.86. The summed E-state index contributed by atoms with van der Waals surface area (Å²) in [6, 6.07) is 4.04. The van der Waals surface area contributed by atoms with Gasteiger partial charge in [-0.25, -0.2) is 0 Å². The van der Waals surface area contributed by atoms with Crippen LogP contribution in [0.4, 0.5) is 0 Å². The molecule has 1 unspecified atom stereocenters. The van der Waals surface area contributed by atoms with Gasteiger partial charge in [0.1, 0.15) is 16.9 Å². The topological polar surface area (TPSA) is 66.0 Å². The van der Waals surface area contributed by atoms with Crippen LogP contribution in [-0.2, 0) is 4.79 Å². The SMILES string of the molecule is CCCC(C#N)(CCC)C(=O)NC(C)c1cc(C)oc1C. The molecule has 0 radical (unpaired) electrons. The summed E-state index contributed by atoms with van der Waals surface area (Å²) in [5.74, 6) is 1.48. The van der Waals surface area contributed by atoms with Gasteiger partial charge >= 0.3 is 0 Å². The van der Waals surface area contributed by atoms with Crippen LogP contribution in [0.3, 0.4) is 0 Å². The Bertz CT molecular complexity index is 519. The number of furan rings is 1. The minimum Gasteiger partial charge on any atom is -0.466 e. The normalized spacial score (nSPS) is 12.8. The number of carbonyl (C=O) groups is 1. The van der Waals surface area contributed by atoms with Crippen LogP contribution in [0, 0.1) is 30.6 Å². The van der Waals surface area contributed by atoms with Gasteiger partial charge < -0.3 is 9.73 Å². The van der Waals surface area contributed by atoms with Crippen molar-refractivity contribution in [1.29, 1.82) is 5.26 Å². The molecule has 1 aromatic rings. The highest BCUT2D eigenvalue weighted by Crippen LogP contribution is 2.31. The molecule has 4 nitrogen and oxygen atoms in total. The molecule has 0 fully saturated rings. The zero-order valence-electron chi connectivity index (χ0n) is 13.7. The first-order chi connectivity index (χ1) is 9.90. The Morgan fingerprint density at radius 3 is 2.33 bits per heavy atom. The summed E-state index contributed by atoms with van der Waals surface area (Å²) < 4.78 is 5.51. The predicted molar refractivity (Wildman–Crippen MR) is 82.6 cm³/mol. The fraction of sp³-hybridized carbons (Fsp3) is 0.647. The van der Waals surface area contributed by atoms with Crippen molar-refractivity contribution < 1.29 is 9.21 Å². The van der Waals surface area contributed by atoms with Crippen LogP contribution >= 0.6 is 0 Å². The van der Waals surface area contributed by atoms with Gasteiger partial charge in [-0.1, -0.05) is 26.7 Å². The highest BCUT2D eigenvalue weighted by Gasteiger charge is 2.37. The maximum Gasteiger partial charge on any atom is 0.240 e. The first kappa shape index (κ1) is 17.3. The number of amides is 1. The Hall–Kier alpha value is -1.76. The molecular formula is C17H26N2O2. The first-order valence-electron chi connectivity index (χ1n) is 7.69. The molecule has 0 saturated heterocycles. The van der Waals surface area contributed by atoms with Gasteiger partial charge in [0.15, 0.2) is 0 Å². The van der Waals surface area contributed by atoms with Crippen molar-refractivity contribution in [1.82, 2.24) is 5.32 Å². The van der Waals surface area contributed by atoms with Crippen molar-refractivity contribution in [2.24, 2.45) is 5.41 Å². The van der Waals surface area contributed by atoms with E-state index in [0.717, 1.165) is 29.9 Å². The highest BCUT2D eigenvalue weighted by atomic mass is 16.3. The number of nitriles is 1. The van der Waals surface area contributed by atoms with Crippen LogP contribution in [0.1, 0.15) is 69.6 Å². The van der Waals surface area contributed by atoms with Crippen molar-refractivity contribution >= 4 is 5.91 Å². The first-order valence-corrected chi connectivity index (χ1v) is 7.69. The van der Waals surface area contributed by atoms with E-state index < -0.39 is 5.41 Å². The Labute approximate surface area is 127 Å². The number of carbonyl (C=O) groups excluding carboxylic acids is 1. The number of nitrogens with one attached hydrogen (secondary N) is 1. The summed E-state index contributed by atoms with van der Waals surface area (Å²) in [5.41, 5.74) is 0.0606. The molecule has 0 aromatic carbocycles. The molecule has 0 aliphatic rings. The average Bonchev–Trinajstić information content (AvgIpc) is 2.77. The third kappa shape index (κ3) is 3.87. The lowest BCUT2D eigenvalue weighted by Gasteiger charge is -2.26. The van der Waals surface area contributed by atoms with E-state index in [1.165, 1.54) is 0 Å². The van der Waals surface area contributed by atoms with Gasteiger partial charge in [0.25, 0.3) is 0 Å². The van der Waals surface area contributed by atoms with Crippen molar-refractivity contribution in [2.45, 2.75) is 66.3 Å². The van der Waals surface area contributed by atoms with E-state index in [1.807, 2.05) is 40.7 Å². The summed E-state index contributed by atoms with van der Waals surface area (Å²) in [6.07, 6.45) is 2.83. The minimum absolute atomic E-state index is 0.156. The van der Waals surface area contributed by atoms with Crippen LogP contribution in [0.25, 0.3) is 0 Å². The Morgan fingerprint density at radius 2 is 1.95 bits per heavy atom. The number of aryl methyl sites for hydroxylation is 2. The smallest absolute Gasteiger partial charge is 0.240 e. The van der Waals surface area contributed by atoms with Gasteiger partial charge in [-0.05, 0) is 39.7 Å².